The zero-order valence-electron chi connectivity index (χ0n) is 11.1. The summed E-state index contributed by atoms with van der Waals surface area (Å²) in [6.07, 6.45) is 2.16. The van der Waals surface area contributed by atoms with Gasteiger partial charge in [0.1, 0.15) is 0 Å². The predicted octanol–water partition coefficient (Wildman–Crippen LogP) is -0.260. The smallest absolute Gasteiger partial charge is 0.228 e. The number of nitrogens with zero attached hydrogens (tertiary/aromatic N) is 3. The van der Waals surface area contributed by atoms with Crippen molar-refractivity contribution >= 4 is 5.91 Å². The van der Waals surface area contributed by atoms with Crippen LogP contribution in [0.25, 0.3) is 0 Å². The number of rotatable bonds is 3. The lowest BCUT2D eigenvalue weighted by Crippen LogP contribution is -2.64. The Bertz CT molecular complexity index is 424. The van der Waals surface area contributed by atoms with Gasteiger partial charge in [-0.1, -0.05) is 6.07 Å². The molecule has 2 fully saturated rings. The van der Waals surface area contributed by atoms with Crippen molar-refractivity contribution in [2.24, 2.45) is 0 Å². The van der Waals surface area contributed by atoms with Crippen LogP contribution < -0.4 is 5.32 Å². The normalized spacial score (nSPS) is 21.2. The standard InChI is InChI=1S/C14H20N4O/c19-14(9-12-3-1-2-4-16-12)18-10-13(11-18)17-7-5-15-6-8-17/h1-4,13,15H,5-11H2. The molecule has 0 unspecified atom stereocenters. The molecule has 1 N–H and O–H groups in total. The monoisotopic (exact) mass is 260 g/mol. The van der Waals surface area contributed by atoms with Gasteiger partial charge in [-0.3, -0.25) is 14.7 Å². The Morgan fingerprint density at radius 2 is 2.11 bits per heavy atom. The van der Waals surface area contributed by atoms with Crippen LogP contribution in [0.4, 0.5) is 0 Å². The minimum absolute atomic E-state index is 0.199. The van der Waals surface area contributed by atoms with Crippen molar-refractivity contribution < 1.29 is 4.79 Å². The molecule has 3 rings (SSSR count). The maximum atomic E-state index is 12.1. The molecule has 5 heteroatoms. The number of hydrogen-bond donors (Lipinski definition) is 1. The number of amides is 1. The molecule has 2 saturated heterocycles. The van der Waals surface area contributed by atoms with E-state index >= 15 is 0 Å². The predicted molar refractivity (Wildman–Crippen MR) is 72.8 cm³/mol. The van der Waals surface area contributed by atoms with Crippen LogP contribution in [-0.4, -0.2) is 66.0 Å². The summed E-state index contributed by atoms with van der Waals surface area (Å²) in [6.45, 7) is 6.11. The number of hydrogen-bond acceptors (Lipinski definition) is 4. The molecule has 0 aliphatic carbocycles. The van der Waals surface area contributed by atoms with Gasteiger partial charge < -0.3 is 10.2 Å². The van der Waals surface area contributed by atoms with Gasteiger partial charge in [0.15, 0.2) is 0 Å². The molecule has 1 amide bonds. The highest BCUT2D eigenvalue weighted by Crippen LogP contribution is 2.16. The third-order valence-corrected chi connectivity index (χ3v) is 3.94. The number of likely N-dealkylation sites (tertiary alicyclic amines) is 1. The third kappa shape index (κ3) is 2.93. The molecule has 0 bridgehead atoms. The minimum atomic E-state index is 0.199. The van der Waals surface area contributed by atoms with Crippen LogP contribution >= 0.6 is 0 Å². The highest BCUT2D eigenvalue weighted by atomic mass is 16.2. The number of pyridine rings is 1. The van der Waals surface area contributed by atoms with E-state index in [1.807, 2.05) is 23.1 Å². The van der Waals surface area contributed by atoms with Gasteiger partial charge in [-0.2, -0.15) is 0 Å². The quantitative estimate of drug-likeness (QED) is 0.813. The van der Waals surface area contributed by atoms with Gasteiger partial charge in [-0.25, -0.2) is 0 Å². The SMILES string of the molecule is O=C(Cc1ccccn1)N1CC(N2CCNCC2)C1. The summed E-state index contributed by atoms with van der Waals surface area (Å²) in [7, 11) is 0. The van der Waals surface area contributed by atoms with E-state index in [9.17, 15) is 4.79 Å². The lowest BCUT2D eigenvalue weighted by atomic mass is 10.1. The highest BCUT2D eigenvalue weighted by Gasteiger charge is 2.34. The number of aromatic nitrogens is 1. The van der Waals surface area contributed by atoms with E-state index in [1.165, 1.54) is 0 Å². The molecule has 19 heavy (non-hydrogen) atoms. The second kappa shape index (κ2) is 5.67. The lowest BCUT2D eigenvalue weighted by molar-refractivity contribution is -0.138. The Hall–Kier alpha value is -1.46. The average molecular weight is 260 g/mol. The summed E-state index contributed by atoms with van der Waals surface area (Å²) < 4.78 is 0. The van der Waals surface area contributed by atoms with Crippen molar-refractivity contribution in [1.82, 2.24) is 20.1 Å². The van der Waals surface area contributed by atoms with E-state index in [0.29, 0.717) is 12.5 Å². The molecule has 0 spiro atoms. The molecule has 2 aliphatic heterocycles. The number of carbonyl (C=O) groups excluding carboxylic acids is 1. The van der Waals surface area contributed by atoms with E-state index < -0.39 is 0 Å². The number of piperazine rings is 1. The first-order valence-corrected chi connectivity index (χ1v) is 6.95. The van der Waals surface area contributed by atoms with E-state index in [4.69, 9.17) is 0 Å². The number of carbonyl (C=O) groups is 1. The van der Waals surface area contributed by atoms with Crippen LogP contribution in [-0.2, 0) is 11.2 Å². The maximum Gasteiger partial charge on any atom is 0.228 e. The van der Waals surface area contributed by atoms with Crippen LogP contribution in [0, 0.1) is 0 Å². The Balaban J connectivity index is 1.46. The molecule has 2 aliphatic rings. The molecule has 1 aromatic heterocycles. The fourth-order valence-electron chi connectivity index (χ4n) is 2.71. The van der Waals surface area contributed by atoms with Crippen LogP contribution in [0.1, 0.15) is 5.69 Å². The molecule has 0 radical (unpaired) electrons. The van der Waals surface area contributed by atoms with Gasteiger partial charge in [0.25, 0.3) is 0 Å². The van der Waals surface area contributed by atoms with Crippen LogP contribution in [0.5, 0.6) is 0 Å². The molecular formula is C14H20N4O. The Labute approximate surface area is 113 Å². The van der Waals surface area contributed by atoms with E-state index in [2.05, 4.69) is 15.2 Å². The van der Waals surface area contributed by atoms with Crippen molar-refractivity contribution in [3.05, 3.63) is 30.1 Å². The molecule has 1 aromatic rings. The van der Waals surface area contributed by atoms with Crippen molar-refractivity contribution in [3.8, 4) is 0 Å². The van der Waals surface area contributed by atoms with Crippen molar-refractivity contribution in [3.63, 3.8) is 0 Å². The molecule has 5 nitrogen and oxygen atoms in total. The first-order chi connectivity index (χ1) is 9.33. The molecule has 102 valence electrons. The lowest BCUT2D eigenvalue weighted by Gasteiger charge is -2.46. The Morgan fingerprint density at radius 1 is 1.32 bits per heavy atom. The van der Waals surface area contributed by atoms with Gasteiger partial charge in [-0.05, 0) is 12.1 Å². The van der Waals surface area contributed by atoms with Crippen LogP contribution in [0.3, 0.4) is 0 Å². The molecule has 0 aromatic carbocycles. The summed E-state index contributed by atoms with van der Waals surface area (Å²) in [5, 5.41) is 3.35. The molecule has 3 heterocycles. The van der Waals surface area contributed by atoms with Gasteiger partial charge in [0.05, 0.1) is 6.42 Å². The first kappa shape index (κ1) is 12.6. The summed E-state index contributed by atoms with van der Waals surface area (Å²) in [5.74, 6) is 0.199. The molecule has 0 saturated carbocycles. The molecular weight excluding hydrogens is 240 g/mol. The Kier molecular flexibility index (Phi) is 3.75. The van der Waals surface area contributed by atoms with Crippen molar-refractivity contribution in [2.45, 2.75) is 12.5 Å². The molecule has 0 atom stereocenters. The minimum Gasteiger partial charge on any atom is -0.339 e. The van der Waals surface area contributed by atoms with E-state index in [-0.39, 0.29) is 5.91 Å². The first-order valence-electron chi connectivity index (χ1n) is 6.95. The fourth-order valence-corrected chi connectivity index (χ4v) is 2.71. The third-order valence-electron chi connectivity index (χ3n) is 3.94. The zero-order valence-corrected chi connectivity index (χ0v) is 11.1. The average Bonchev–Trinajstić information content (AvgIpc) is 2.39. The van der Waals surface area contributed by atoms with Crippen LogP contribution in [0.15, 0.2) is 24.4 Å². The maximum absolute atomic E-state index is 12.1. The second-order valence-electron chi connectivity index (χ2n) is 5.24. The second-order valence-corrected chi connectivity index (χ2v) is 5.24. The zero-order chi connectivity index (χ0) is 13.1. The van der Waals surface area contributed by atoms with Crippen molar-refractivity contribution in [2.75, 3.05) is 39.3 Å². The summed E-state index contributed by atoms with van der Waals surface area (Å²) in [5.41, 5.74) is 0.859. The van der Waals surface area contributed by atoms with Gasteiger partial charge in [0, 0.05) is 57.2 Å². The van der Waals surface area contributed by atoms with Gasteiger partial charge in [0.2, 0.25) is 5.91 Å². The topological polar surface area (TPSA) is 48.5 Å². The largest absolute Gasteiger partial charge is 0.339 e. The Morgan fingerprint density at radius 3 is 2.79 bits per heavy atom. The summed E-state index contributed by atoms with van der Waals surface area (Å²) in [6, 6.07) is 6.27. The summed E-state index contributed by atoms with van der Waals surface area (Å²) >= 11 is 0. The number of nitrogens with one attached hydrogen (secondary N) is 1. The van der Waals surface area contributed by atoms with E-state index in [0.717, 1.165) is 45.0 Å². The van der Waals surface area contributed by atoms with E-state index in [1.54, 1.807) is 6.20 Å². The van der Waals surface area contributed by atoms with Gasteiger partial charge in [-0.15, -0.1) is 0 Å². The van der Waals surface area contributed by atoms with Gasteiger partial charge >= 0.3 is 0 Å². The fraction of sp³-hybridized carbons (Fsp3) is 0.571. The highest BCUT2D eigenvalue weighted by molar-refractivity contribution is 5.79. The van der Waals surface area contributed by atoms with Crippen LogP contribution in [0.2, 0.25) is 0 Å². The summed E-state index contributed by atoms with van der Waals surface area (Å²) in [4.78, 5) is 20.7. The van der Waals surface area contributed by atoms with Crippen molar-refractivity contribution in [1.29, 1.82) is 0 Å².